The minimum absolute atomic E-state index is 0.278. The normalized spacial score (nSPS) is 13.0. The molecule has 0 N–H and O–H groups in total. The summed E-state index contributed by atoms with van der Waals surface area (Å²) in [5, 5.41) is 12.7. The molecule has 0 spiro atoms. The number of para-hydroxylation sites is 6. The van der Waals surface area contributed by atoms with Gasteiger partial charge in [-0.1, -0.05) is 200 Å². The van der Waals surface area contributed by atoms with Crippen LogP contribution >= 0.6 is 22.7 Å². The molecule has 9 heteroatoms. The van der Waals surface area contributed by atoms with E-state index < -0.39 is 0 Å². The lowest BCUT2D eigenvalue weighted by Crippen LogP contribution is -2.60. The molecular formula is C86H49BN4O2S2. The van der Waals surface area contributed by atoms with Crippen LogP contribution in [0.5, 0.6) is 0 Å². The number of rotatable bonds is 6. The van der Waals surface area contributed by atoms with Crippen molar-refractivity contribution in [3.63, 3.8) is 0 Å². The Bertz CT molecular complexity index is 6600. The lowest BCUT2D eigenvalue weighted by Gasteiger charge is -2.44. The van der Waals surface area contributed by atoms with Gasteiger partial charge in [0.1, 0.15) is 11.2 Å². The van der Waals surface area contributed by atoms with Crippen molar-refractivity contribution in [2.75, 3.05) is 9.80 Å². The first-order valence-electron chi connectivity index (χ1n) is 32.4. The van der Waals surface area contributed by atoms with Crippen LogP contribution in [0.2, 0.25) is 0 Å². The van der Waals surface area contributed by atoms with Gasteiger partial charge in [0.2, 0.25) is 0 Å². The van der Waals surface area contributed by atoms with E-state index in [4.69, 9.17) is 8.83 Å². The van der Waals surface area contributed by atoms with Crippen molar-refractivity contribution in [2.24, 2.45) is 0 Å². The Morgan fingerprint density at radius 1 is 0.295 bits per heavy atom. The molecule has 14 aromatic carbocycles. The molecule has 2 aliphatic heterocycles. The van der Waals surface area contributed by atoms with Crippen molar-refractivity contribution in [2.45, 2.75) is 0 Å². The van der Waals surface area contributed by atoms with E-state index in [1.807, 2.05) is 22.7 Å². The molecule has 440 valence electrons. The van der Waals surface area contributed by atoms with Gasteiger partial charge in [0.15, 0.2) is 11.2 Å². The number of aromatic nitrogens is 2. The van der Waals surface area contributed by atoms with Crippen LogP contribution in [0.1, 0.15) is 0 Å². The second kappa shape index (κ2) is 19.4. The fourth-order valence-corrected chi connectivity index (χ4v) is 19.1. The van der Waals surface area contributed by atoms with Crippen LogP contribution in [0.4, 0.5) is 34.1 Å². The largest absolute Gasteiger partial charge is 0.454 e. The fourth-order valence-electron chi connectivity index (χ4n) is 16.5. The van der Waals surface area contributed by atoms with E-state index in [0.29, 0.717) is 0 Å². The fraction of sp³-hybridized carbons (Fsp3) is 0. The second-order valence-electron chi connectivity index (χ2n) is 25.3. The molecular weight excluding hydrogens is 1200 g/mol. The monoisotopic (exact) mass is 1240 g/mol. The molecule has 0 aliphatic carbocycles. The summed E-state index contributed by atoms with van der Waals surface area (Å²) in [5.41, 5.74) is 23.5. The predicted molar refractivity (Wildman–Crippen MR) is 403 cm³/mol. The Morgan fingerprint density at radius 2 is 0.758 bits per heavy atom. The number of anilines is 6. The molecule has 0 saturated carbocycles. The molecule has 2 aliphatic rings. The topological polar surface area (TPSA) is 42.6 Å². The van der Waals surface area contributed by atoms with Crippen molar-refractivity contribution in [3.05, 3.63) is 297 Å². The molecule has 95 heavy (non-hydrogen) atoms. The summed E-state index contributed by atoms with van der Waals surface area (Å²) >= 11 is 3.82. The Kier molecular flexibility index (Phi) is 10.5. The maximum atomic E-state index is 7.52. The van der Waals surface area contributed by atoms with Gasteiger partial charge >= 0.3 is 0 Å². The average Bonchev–Trinajstić information content (AvgIpc) is 1.65. The Morgan fingerprint density at radius 3 is 1.33 bits per heavy atom. The third-order valence-corrected chi connectivity index (χ3v) is 22.9. The molecule has 20 aromatic rings. The molecule has 0 bridgehead atoms. The molecule has 0 unspecified atom stereocenters. The predicted octanol–water partition coefficient (Wildman–Crippen LogP) is 22.7. The van der Waals surface area contributed by atoms with Crippen LogP contribution in [-0.2, 0) is 0 Å². The Balaban J connectivity index is 0.953. The van der Waals surface area contributed by atoms with Gasteiger partial charge < -0.3 is 27.8 Å². The highest BCUT2D eigenvalue weighted by Gasteiger charge is 2.49. The summed E-state index contributed by atoms with van der Waals surface area (Å²) in [6.07, 6.45) is 0. The summed E-state index contributed by atoms with van der Waals surface area (Å²) in [6, 6.07) is 110. The molecule has 0 fully saturated rings. The maximum absolute atomic E-state index is 7.52. The highest BCUT2D eigenvalue weighted by Crippen LogP contribution is 2.58. The van der Waals surface area contributed by atoms with Gasteiger partial charge in [0.25, 0.3) is 6.71 Å². The van der Waals surface area contributed by atoms with Crippen molar-refractivity contribution in [3.8, 4) is 33.6 Å². The van der Waals surface area contributed by atoms with Gasteiger partial charge in [-0.2, -0.15) is 0 Å². The third-order valence-electron chi connectivity index (χ3n) is 20.5. The highest BCUT2D eigenvalue weighted by molar-refractivity contribution is 7.34. The maximum Gasteiger partial charge on any atom is 0.264 e. The molecule has 6 nitrogen and oxygen atoms in total. The van der Waals surface area contributed by atoms with Crippen LogP contribution in [0.15, 0.2) is 306 Å². The Labute approximate surface area is 551 Å². The lowest BCUT2D eigenvalue weighted by molar-refractivity contribution is 0.669. The average molecular weight is 1250 g/mol. The number of hydrogen-bond acceptors (Lipinski definition) is 6. The van der Waals surface area contributed by atoms with Crippen LogP contribution in [0, 0.1) is 0 Å². The zero-order valence-corrected chi connectivity index (χ0v) is 52.4. The van der Waals surface area contributed by atoms with Crippen molar-refractivity contribution in [1.82, 2.24) is 9.13 Å². The molecule has 0 radical (unpaired) electrons. The van der Waals surface area contributed by atoms with Crippen LogP contribution in [-0.4, -0.2) is 15.8 Å². The van der Waals surface area contributed by atoms with E-state index >= 15 is 0 Å². The minimum Gasteiger partial charge on any atom is -0.454 e. The SMILES string of the molecule is c1ccc(-c2ccc3c(oc4ccccc43)c2N2c3ccc(-n4c5ccccc5c5ccccc54)cc3B3c4sc5ccc(-n6c7ccccc7c7ccccc76)cc5c4N(c4c(-c5ccccc5)ccc5c4oc4ccccc45)c4c3c2cc2c4sc3ccccc32)cc1. The van der Waals surface area contributed by atoms with Gasteiger partial charge in [-0.05, 0) is 119 Å². The summed E-state index contributed by atoms with van der Waals surface area (Å²) in [6.45, 7) is -0.278. The quantitative estimate of drug-likeness (QED) is 0.156. The van der Waals surface area contributed by atoms with Gasteiger partial charge in [0.05, 0.1) is 49.5 Å². The van der Waals surface area contributed by atoms with Gasteiger partial charge in [-0.3, -0.25) is 0 Å². The van der Waals surface area contributed by atoms with E-state index in [0.717, 1.165) is 123 Å². The van der Waals surface area contributed by atoms with Gasteiger partial charge in [-0.25, -0.2) is 0 Å². The summed E-state index contributed by atoms with van der Waals surface area (Å²) < 4.78 is 24.8. The molecule has 6 aromatic heterocycles. The summed E-state index contributed by atoms with van der Waals surface area (Å²) in [5.74, 6) is 0. The number of benzene rings is 14. The number of nitrogens with zero attached hydrogens (tertiary/aromatic N) is 4. The Hall–Kier alpha value is -11.9. The molecule has 0 amide bonds. The highest BCUT2D eigenvalue weighted by atomic mass is 32.1. The molecule has 22 rings (SSSR count). The van der Waals surface area contributed by atoms with Crippen molar-refractivity contribution < 1.29 is 8.83 Å². The standard InChI is InChI=1S/C86H49BN4O2S2/c1-3-21-50(22-4-1)54-41-43-63-60-29-11-18-36-74(60)92-83(63)79(54)90-72-45-39-53(89-70-34-16-9-27-58(70)59-28-10-17-35-71(59)89)48-67(72)87-78-73(90)49-65-62-31-13-20-38-76(62)94-85(65)82(78)91(80-55(51-23-5-2-6-24-51)42-44-64-61-30-12-19-37-75(61)93-84(64)80)81-66-47-52(40-46-77(66)95-86(81)87)88-68-32-14-7-25-56(68)57-26-8-15-33-69(57)88/h1-49H. The van der Waals surface area contributed by atoms with Gasteiger partial charge in [0, 0.05) is 107 Å². The first-order chi connectivity index (χ1) is 47.2. The second-order valence-corrected chi connectivity index (χ2v) is 27.5. The zero-order valence-electron chi connectivity index (χ0n) is 50.8. The van der Waals surface area contributed by atoms with Crippen LogP contribution < -0.4 is 25.5 Å². The summed E-state index contributed by atoms with van der Waals surface area (Å²) in [4.78, 5) is 5.31. The van der Waals surface area contributed by atoms with E-state index in [2.05, 4.69) is 316 Å². The van der Waals surface area contributed by atoms with Crippen molar-refractivity contribution in [1.29, 1.82) is 0 Å². The van der Waals surface area contributed by atoms with E-state index in [9.17, 15) is 0 Å². The van der Waals surface area contributed by atoms with E-state index in [-0.39, 0.29) is 6.71 Å². The van der Waals surface area contributed by atoms with Crippen molar-refractivity contribution >= 4 is 197 Å². The molecule has 0 saturated heterocycles. The first-order valence-corrected chi connectivity index (χ1v) is 34.1. The third kappa shape index (κ3) is 7.07. The van der Waals surface area contributed by atoms with Gasteiger partial charge in [-0.15, -0.1) is 22.7 Å². The smallest absolute Gasteiger partial charge is 0.264 e. The first kappa shape index (κ1) is 51.7. The van der Waals surface area contributed by atoms with Crippen LogP contribution in [0.25, 0.3) is 151 Å². The lowest BCUT2D eigenvalue weighted by atomic mass is 9.36. The van der Waals surface area contributed by atoms with E-state index in [1.165, 1.54) is 78.5 Å². The zero-order chi connectivity index (χ0) is 61.7. The number of fused-ring (bicyclic) bond motifs is 22. The summed E-state index contributed by atoms with van der Waals surface area (Å²) in [7, 11) is 0. The number of hydrogen-bond donors (Lipinski definition) is 0. The number of thiophene rings is 2. The van der Waals surface area contributed by atoms with E-state index in [1.54, 1.807) is 0 Å². The minimum atomic E-state index is -0.278. The van der Waals surface area contributed by atoms with Crippen LogP contribution in [0.3, 0.4) is 0 Å². The molecule has 0 atom stereocenters. The number of furan rings is 2. The molecule has 8 heterocycles.